The molecule has 2 heterocycles. The van der Waals surface area contributed by atoms with Gasteiger partial charge in [0.2, 0.25) is 0 Å². The van der Waals surface area contributed by atoms with Gasteiger partial charge in [0.1, 0.15) is 11.6 Å². The molecule has 0 fully saturated rings. The van der Waals surface area contributed by atoms with E-state index in [0.717, 1.165) is 21.2 Å². The van der Waals surface area contributed by atoms with E-state index < -0.39 is 11.7 Å². The number of rotatable bonds is 6. The number of fused-ring (bicyclic) bond motifs is 1. The largest absolute Gasteiger partial charge is 0.493 e. The Bertz CT molecular complexity index is 1300. The lowest BCUT2D eigenvalue weighted by Crippen LogP contribution is -2.08. The lowest BCUT2D eigenvalue weighted by Gasteiger charge is -2.16. The SMILES string of the molecule is COc1cc2nc(C)nc(NC(C)c3ccc(-c4cccc(C(F)(F)F)c4)s3)c2cc1OC. The first kappa shape index (κ1) is 22.8. The van der Waals surface area contributed by atoms with Gasteiger partial charge in [0.25, 0.3) is 0 Å². The fraction of sp³-hybridized carbons (Fsp3) is 0.250. The highest BCUT2D eigenvalue weighted by atomic mass is 32.1. The molecule has 0 amide bonds. The third-order valence-corrected chi connectivity index (χ3v) is 6.51. The Balaban J connectivity index is 1.65. The van der Waals surface area contributed by atoms with E-state index >= 15 is 0 Å². The van der Waals surface area contributed by atoms with Crippen molar-refractivity contribution in [2.75, 3.05) is 19.5 Å². The van der Waals surface area contributed by atoms with Gasteiger partial charge in [0, 0.05) is 21.2 Å². The van der Waals surface area contributed by atoms with E-state index in [9.17, 15) is 13.2 Å². The van der Waals surface area contributed by atoms with Gasteiger partial charge in [-0.15, -0.1) is 11.3 Å². The van der Waals surface area contributed by atoms with Gasteiger partial charge in [-0.3, -0.25) is 0 Å². The van der Waals surface area contributed by atoms with E-state index in [-0.39, 0.29) is 6.04 Å². The molecule has 172 valence electrons. The number of nitrogens with zero attached hydrogens (tertiary/aromatic N) is 2. The van der Waals surface area contributed by atoms with Crippen molar-refractivity contribution in [1.82, 2.24) is 9.97 Å². The van der Waals surface area contributed by atoms with Crippen molar-refractivity contribution in [2.24, 2.45) is 0 Å². The van der Waals surface area contributed by atoms with E-state index in [0.29, 0.717) is 34.2 Å². The maximum Gasteiger partial charge on any atom is 0.416 e. The van der Waals surface area contributed by atoms with Gasteiger partial charge < -0.3 is 14.8 Å². The first-order valence-electron chi connectivity index (χ1n) is 10.1. The number of methoxy groups -OCH3 is 2. The van der Waals surface area contributed by atoms with Gasteiger partial charge in [-0.1, -0.05) is 12.1 Å². The molecular weight excluding hydrogens is 451 g/mol. The number of thiophene rings is 1. The molecule has 0 saturated heterocycles. The van der Waals surface area contributed by atoms with Gasteiger partial charge in [-0.05, 0) is 49.7 Å². The minimum Gasteiger partial charge on any atom is -0.493 e. The summed E-state index contributed by atoms with van der Waals surface area (Å²) in [5, 5.41) is 4.19. The Hall–Kier alpha value is -3.33. The van der Waals surface area contributed by atoms with Crippen molar-refractivity contribution in [2.45, 2.75) is 26.1 Å². The predicted octanol–water partition coefficient (Wildman–Crippen LogP) is 6.88. The molecule has 0 aliphatic heterocycles. The van der Waals surface area contributed by atoms with Crippen molar-refractivity contribution in [3.05, 3.63) is 64.8 Å². The standard InChI is InChI=1S/C24H22F3N3O2S/c1-13(21-8-9-22(33-21)15-6-5-7-16(10-15)24(25,26)27)28-23-17-11-19(31-3)20(32-4)12-18(17)29-14(2)30-23/h5-13H,1-4H3,(H,28,29,30). The van der Waals surface area contributed by atoms with Crippen LogP contribution in [0.2, 0.25) is 0 Å². The van der Waals surface area contributed by atoms with Gasteiger partial charge in [0.15, 0.2) is 11.5 Å². The molecule has 0 aliphatic carbocycles. The smallest absolute Gasteiger partial charge is 0.416 e. The first-order chi connectivity index (χ1) is 15.7. The monoisotopic (exact) mass is 473 g/mol. The van der Waals surface area contributed by atoms with Crippen molar-refractivity contribution >= 4 is 28.1 Å². The number of hydrogen-bond acceptors (Lipinski definition) is 6. The van der Waals surface area contributed by atoms with Crippen LogP contribution in [0.5, 0.6) is 11.5 Å². The summed E-state index contributed by atoms with van der Waals surface area (Å²) in [4.78, 5) is 10.8. The van der Waals surface area contributed by atoms with Gasteiger partial charge in [-0.2, -0.15) is 13.2 Å². The average molecular weight is 474 g/mol. The summed E-state index contributed by atoms with van der Waals surface area (Å²) < 4.78 is 50.1. The zero-order chi connectivity index (χ0) is 23.8. The second kappa shape index (κ2) is 8.90. The summed E-state index contributed by atoms with van der Waals surface area (Å²) in [5.41, 5.74) is 0.590. The summed E-state index contributed by atoms with van der Waals surface area (Å²) in [6.45, 7) is 3.79. The highest BCUT2D eigenvalue weighted by molar-refractivity contribution is 7.15. The van der Waals surface area contributed by atoms with Crippen LogP contribution >= 0.6 is 11.3 Å². The van der Waals surface area contributed by atoms with E-state index in [1.54, 1.807) is 26.4 Å². The molecule has 0 bridgehead atoms. The van der Waals surface area contributed by atoms with Crippen LogP contribution in [0.25, 0.3) is 21.3 Å². The molecule has 1 unspecified atom stereocenters. The fourth-order valence-corrected chi connectivity index (χ4v) is 4.55. The molecular formula is C24H22F3N3O2S. The Morgan fingerprint density at radius 2 is 1.70 bits per heavy atom. The Morgan fingerprint density at radius 1 is 0.970 bits per heavy atom. The molecule has 0 radical (unpaired) electrons. The fourth-order valence-electron chi connectivity index (χ4n) is 3.55. The van der Waals surface area contributed by atoms with Crippen LogP contribution in [0.3, 0.4) is 0 Å². The minimum absolute atomic E-state index is 0.139. The van der Waals surface area contributed by atoms with Crippen molar-refractivity contribution in [1.29, 1.82) is 0 Å². The number of benzene rings is 2. The summed E-state index contributed by atoms with van der Waals surface area (Å²) in [7, 11) is 3.13. The first-order valence-corrected chi connectivity index (χ1v) is 11.0. The molecule has 1 N–H and O–H groups in total. The number of ether oxygens (including phenoxy) is 2. The molecule has 1 atom stereocenters. The zero-order valence-corrected chi connectivity index (χ0v) is 19.3. The summed E-state index contributed by atoms with van der Waals surface area (Å²) in [5.74, 6) is 2.38. The van der Waals surface area contributed by atoms with Crippen molar-refractivity contribution in [3.63, 3.8) is 0 Å². The van der Waals surface area contributed by atoms with Crippen molar-refractivity contribution in [3.8, 4) is 21.9 Å². The normalized spacial score (nSPS) is 12.6. The van der Waals surface area contributed by atoms with Gasteiger partial charge >= 0.3 is 6.18 Å². The number of alkyl halides is 3. The topological polar surface area (TPSA) is 56.3 Å². The van der Waals surface area contributed by atoms with Gasteiger partial charge in [0.05, 0.1) is 31.3 Å². The third kappa shape index (κ3) is 4.73. The molecule has 4 rings (SSSR count). The number of halogens is 3. The highest BCUT2D eigenvalue weighted by Gasteiger charge is 2.30. The Labute approximate surface area is 193 Å². The number of aromatic nitrogens is 2. The maximum atomic E-state index is 13.1. The zero-order valence-electron chi connectivity index (χ0n) is 18.4. The Morgan fingerprint density at radius 3 is 2.39 bits per heavy atom. The molecule has 5 nitrogen and oxygen atoms in total. The number of hydrogen-bond donors (Lipinski definition) is 1. The van der Waals surface area contributed by atoms with Crippen LogP contribution in [-0.4, -0.2) is 24.2 Å². The molecule has 4 aromatic rings. The molecule has 33 heavy (non-hydrogen) atoms. The number of aryl methyl sites for hydroxylation is 1. The maximum absolute atomic E-state index is 13.1. The van der Waals surface area contributed by atoms with E-state index in [2.05, 4.69) is 15.3 Å². The van der Waals surface area contributed by atoms with E-state index in [1.165, 1.54) is 23.5 Å². The van der Waals surface area contributed by atoms with Crippen LogP contribution < -0.4 is 14.8 Å². The van der Waals surface area contributed by atoms with Gasteiger partial charge in [-0.25, -0.2) is 9.97 Å². The predicted molar refractivity (Wildman–Crippen MR) is 124 cm³/mol. The molecule has 9 heteroatoms. The summed E-state index contributed by atoms with van der Waals surface area (Å²) in [6, 6.07) is 12.6. The summed E-state index contributed by atoms with van der Waals surface area (Å²) in [6.07, 6.45) is -4.37. The molecule has 2 aromatic carbocycles. The van der Waals surface area contributed by atoms with Crippen LogP contribution in [0.15, 0.2) is 48.5 Å². The van der Waals surface area contributed by atoms with Crippen molar-refractivity contribution < 1.29 is 22.6 Å². The van der Waals surface area contributed by atoms with Crippen LogP contribution in [0.4, 0.5) is 19.0 Å². The number of anilines is 1. The number of nitrogens with one attached hydrogen (secondary N) is 1. The second-order valence-electron chi connectivity index (χ2n) is 7.49. The molecule has 0 aliphatic rings. The van der Waals surface area contributed by atoms with E-state index in [4.69, 9.17) is 9.47 Å². The van der Waals surface area contributed by atoms with Crippen LogP contribution in [0, 0.1) is 6.92 Å². The Kier molecular flexibility index (Phi) is 6.16. The van der Waals surface area contributed by atoms with Crippen LogP contribution in [-0.2, 0) is 6.18 Å². The molecule has 0 spiro atoms. The lowest BCUT2D eigenvalue weighted by molar-refractivity contribution is -0.137. The minimum atomic E-state index is -4.37. The van der Waals surface area contributed by atoms with E-state index in [1.807, 2.05) is 32.0 Å². The second-order valence-corrected chi connectivity index (χ2v) is 8.61. The third-order valence-electron chi connectivity index (χ3n) is 5.19. The summed E-state index contributed by atoms with van der Waals surface area (Å²) >= 11 is 1.44. The lowest BCUT2D eigenvalue weighted by atomic mass is 10.1. The van der Waals surface area contributed by atoms with Crippen LogP contribution in [0.1, 0.15) is 29.2 Å². The highest BCUT2D eigenvalue weighted by Crippen LogP contribution is 2.38. The average Bonchev–Trinajstić information content (AvgIpc) is 3.28. The quantitative estimate of drug-likeness (QED) is 0.331. The molecule has 0 saturated carbocycles. The molecule has 2 aromatic heterocycles.